The zero-order valence-electron chi connectivity index (χ0n) is 10.9. The number of rotatable bonds is 10. The lowest BCUT2D eigenvalue weighted by molar-refractivity contribution is 0.0636. The maximum atomic E-state index is 5.51. The third-order valence-electron chi connectivity index (χ3n) is 2.39. The van der Waals surface area contributed by atoms with Crippen LogP contribution in [0.2, 0.25) is 0 Å². The molecule has 3 nitrogen and oxygen atoms in total. The summed E-state index contributed by atoms with van der Waals surface area (Å²) in [6.07, 6.45) is 4.25. The largest absolute Gasteiger partial charge is 0.377 e. The van der Waals surface area contributed by atoms with E-state index in [0.29, 0.717) is 6.10 Å². The fraction of sp³-hybridized carbons (Fsp3) is 1.00. The minimum atomic E-state index is 0.356. The average molecular weight is 216 g/mol. The van der Waals surface area contributed by atoms with E-state index in [0.717, 1.165) is 19.7 Å². The van der Waals surface area contributed by atoms with Crippen LogP contribution in [0.3, 0.4) is 0 Å². The highest BCUT2D eigenvalue weighted by molar-refractivity contribution is 4.53. The average Bonchev–Trinajstić information content (AvgIpc) is 2.17. The molecule has 0 atom stereocenters. The molecule has 0 heterocycles. The van der Waals surface area contributed by atoms with Crippen molar-refractivity contribution in [3.63, 3.8) is 0 Å². The van der Waals surface area contributed by atoms with Crippen LogP contribution < -0.4 is 5.32 Å². The zero-order valence-corrected chi connectivity index (χ0v) is 10.9. The van der Waals surface area contributed by atoms with E-state index in [1.165, 1.54) is 25.8 Å². The smallest absolute Gasteiger partial charge is 0.0596 e. The van der Waals surface area contributed by atoms with Crippen LogP contribution in [0.1, 0.15) is 33.1 Å². The van der Waals surface area contributed by atoms with Gasteiger partial charge in [0.15, 0.2) is 0 Å². The van der Waals surface area contributed by atoms with Crippen molar-refractivity contribution in [3.8, 4) is 0 Å². The molecule has 1 N–H and O–H groups in total. The Bertz CT molecular complexity index is 129. The highest BCUT2D eigenvalue weighted by Gasteiger charge is 1.99. The number of ether oxygens (including phenoxy) is 1. The van der Waals surface area contributed by atoms with Crippen LogP contribution >= 0.6 is 0 Å². The maximum Gasteiger partial charge on any atom is 0.0596 e. The van der Waals surface area contributed by atoms with Crippen molar-refractivity contribution in [3.05, 3.63) is 0 Å². The van der Waals surface area contributed by atoms with E-state index in [4.69, 9.17) is 4.74 Å². The number of likely N-dealkylation sites (N-methyl/N-ethyl adjacent to an activating group) is 1. The molecule has 3 heteroatoms. The third kappa shape index (κ3) is 11.8. The van der Waals surface area contributed by atoms with Gasteiger partial charge in [0.25, 0.3) is 0 Å². The Kier molecular flexibility index (Phi) is 10.3. The number of hydrogen-bond donors (Lipinski definition) is 1. The summed E-state index contributed by atoms with van der Waals surface area (Å²) in [4.78, 5) is 2.35. The van der Waals surface area contributed by atoms with Crippen LogP contribution in [0.4, 0.5) is 0 Å². The molecule has 0 aliphatic rings. The van der Waals surface area contributed by atoms with Crippen LogP contribution in [-0.2, 0) is 4.74 Å². The van der Waals surface area contributed by atoms with Gasteiger partial charge in [0, 0.05) is 6.54 Å². The van der Waals surface area contributed by atoms with Gasteiger partial charge in [0.1, 0.15) is 0 Å². The molecule has 0 spiro atoms. The van der Waals surface area contributed by atoms with Crippen molar-refractivity contribution >= 4 is 0 Å². The van der Waals surface area contributed by atoms with Gasteiger partial charge < -0.3 is 15.0 Å². The SMILES string of the molecule is CNCCCCCN(C)CCOC(C)C. The number of unbranched alkanes of at least 4 members (excludes halogenated alkanes) is 2. The fourth-order valence-corrected chi connectivity index (χ4v) is 1.42. The van der Waals surface area contributed by atoms with Gasteiger partial charge in [-0.1, -0.05) is 6.42 Å². The van der Waals surface area contributed by atoms with Crippen molar-refractivity contribution in [1.29, 1.82) is 0 Å². The normalized spacial score (nSPS) is 11.6. The molecule has 0 radical (unpaired) electrons. The number of hydrogen-bond acceptors (Lipinski definition) is 3. The Morgan fingerprint density at radius 2 is 1.87 bits per heavy atom. The molecule has 0 aliphatic carbocycles. The summed E-state index contributed by atoms with van der Waals surface area (Å²) in [6.45, 7) is 8.38. The van der Waals surface area contributed by atoms with Crippen LogP contribution in [0.5, 0.6) is 0 Å². The molecule has 0 saturated heterocycles. The topological polar surface area (TPSA) is 24.5 Å². The molecule has 0 amide bonds. The van der Waals surface area contributed by atoms with E-state index < -0.39 is 0 Å². The lowest BCUT2D eigenvalue weighted by Gasteiger charge is -2.17. The molecular formula is C12H28N2O. The van der Waals surface area contributed by atoms with E-state index in [2.05, 4.69) is 31.1 Å². The Morgan fingerprint density at radius 3 is 2.47 bits per heavy atom. The first-order valence-electron chi connectivity index (χ1n) is 6.11. The van der Waals surface area contributed by atoms with E-state index >= 15 is 0 Å². The molecule has 0 aromatic carbocycles. The molecule has 92 valence electrons. The van der Waals surface area contributed by atoms with Gasteiger partial charge in [-0.3, -0.25) is 0 Å². The lowest BCUT2D eigenvalue weighted by atomic mass is 10.2. The second kappa shape index (κ2) is 10.4. The Balaban J connectivity index is 3.15. The van der Waals surface area contributed by atoms with Gasteiger partial charge in [-0.2, -0.15) is 0 Å². The van der Waals surface area contributed by atoms with E-state index in [9.17, 15) is 0 Å². The predicted molar refractivity (Wildman–Crippen MR) is 66.4 cm³/mol. The lowest BCUT2D eigenvalue weighted by Crippen LogP contribution is -2.25. The summed E-state index contributed by atoms with van der Waals surface area (Å²) in [5.41, 5.74) is 0. The van der Waals surface area contributed by atoms with Crippen LogP contribution in [0.15, 0.2) is 0 Å². The highest BCUT2D eigenvalue weighted by atomic mass is 16.5. The highest BCUT2D eigenvalue weighted by Crippen LogP contribution is 1.97. The first-order chi connectivity index (χ1) is 7.16. The van der Waals surface area contributed by atoms with Gasteiger partial charge in [0.2, 0.25) is 0 Å². The second-order valence-corrected chi connectivity index (χ2v) is 4.39. The predicted octanol–water partition coefficient (Wildman–Crippen LogP) is 1.73. The Hall–Kier alpha value is -0.120. The van der Waals surface area contributed by atoms with Crippen molar-refractivity contribution in [2.24, 2.45) is 0 Å². The minimum absolute atomic E-state index is 0.356. The molecule has 0 bridgehead atoms. The molecule has 15 heavy (non-hydrogen) atoms. The second-order valence-electron chi connectivity index (χ2n) is 4.39. The van der Waals surface area contributed by atoms with Gasteiger partial charge >= 0.3 is 0 Å². The maximum absolute atomic E-state index is 5.51. The Labute approximate surface area is 95.2 Å². The molecule has 0 aliphatic heterocycles. The summed E-state index contributed by atoms with van der Waals surface area (Å²) < 4.78 is 5.51. The number of nitrogens with one attached hydrogen (secondary N) is 1. The van der Waals surface area contributed by atoms with E-state index in [1.807, 2.05) is 7.05 Å². The Morgan fingerprint density at radius 1 is 1.13 bits per heavy atom. The summed E-state index contributed by atoms with van der Waals surface area (Å²) >= 11 is 0. The van der Waals surface area contributed by atoms with Crippen molar-refractivity contribution < 1.29 is 4.74 Å². The van der Waals surface area contributed by atoms with Crippen LogP contribution in [0, 0.1) is 0 Å². The summed E-state index contributed by atoms with van der Waals surface area (Å²) in [6, 6.07) is 0. The first kappa shape index (κ1) is 14.9. The minimum Gasteiger partial charge on any atom is -0.377 e. The summed E-state index contributed by atoms with van der Waals surface area (Å²) in [7, 11) is 4.18. The quantitative estimate of drug-likeness (QED) is 0.563. The van der Waals surface area contributed by atoms with Gasteiger partial charge in [-0.15, -0.1) is 0 Å². The van der Waals surface area contributed by atoms with E-state index in [-0.39, 0.29) is 0 Å². The van der Waals surface area contributed by atoms with Crippen LogP contribution in [0.25, 0.3) is 0 Å². The van der Waals surface area contributed by atoms with Gasteiger partial charge in [-0.25, -0.2) is 0 Å². The van der Waals surface area contributed by atoms with E-state index in [1.54, 1.807) is 0 Å². The summed E-state index contributed by atoms with van der Waals surface area (Å²) in [5, 5.41) is 3.17. The van der Waals surface area contributed by atoms with Crippen molar-refractivity contribution in [2.75, 3.05) is 40.3 Å². The third-order valence-corrected chi connectivity index (χ3v) is 2.39. The molecule has 0 saturated carbocycles. The molecule has 0 aromatic rings. The standard InChI is InChI=1S/C12H28N2O/c1-12(2)15-11-10-14(4)9-7-5-6-8-13-3/h12-13H,5-11H2,1-4H3. The van der Waals surface area contributed by atoms with Gasteiger partial charge in [-0.05, 0) is 53.9 Å². The van der Waals surface area contributed by atoms with Crippen molar-refractivity contribution in [1.82, 2.24) is 10.2 Å². The molecular weight excluding hydrogens is 188 g/mol. The summed E-state index contributed by atoms with van der Waals surface area (Å²) in [5.74, 6) is 0. The van der Waals surface area contributed by atoms with Crippen LogP contribution in [-0.4, -0.2) is 51.3 Å². The molecule has 0 fully saturated rings. The molecule has 0 aromatic heterocycles. The zero-order chi connectivity index (χ0) is 11.5. The van der Waals surface area contributed by atoms with Gasteiger partial charge in [0.05, 0.1) is 12.7 Å². The molecule has 0 unspecified atom stereocenters. The molecule has 0 rings (SSSR count). The number of nitrogens with zero attached hydrogens (tertiary/aromatic N) is 1. The first-order valence-corrected chi connectivity index (χ1v) is 6.11. The fourth-order valence-electron chi connectivity index (χ4n) is 1.42. The van der Waals surface area contributed by atoms with Crippen molar-refractivity contribution in [2.45, 2.75) is 39.2 Å². The monoisotopic (exact) mass is 216 g/mol.